The molecule has 0 aliphatic heterocycles. The van der Waals surface area contributed by atoms with Crippen LogP contribution in [0, 0.1) is 18.3 Å². The molecule has 3 rings (SSSR count). The first-order chi connectivity index (χ1) is 9.78. The summed E-state index contributed by atoms with van der Waals surface area (Å²) in [6.07, 6.45) is 0. The molecule has 5 heteroatoms. The van der Waals surface area contributed by atoms with E-state index in [1.54, 1.807) is 0 Å². The number of aryl methyl sites for hydroxylation is 1. The molecule has 3 aromatic rings. The molecule has 98 valence electrons. The van der Waals surface area contributed by atoms with Crippen LogP contribution in [0.1, 0.15) is 17.2 Å². The van der Waals surface area contributed by atoms with Gasteiger partial charge in [0.25, 0.3) is 0 Å². The Morgan fingerprint density at radius 1 is 1.20 bits per heavy atom. The van der Waals surface area contributed by atoms with Crippen LogP contribution in [0.15, 0.2) is 40.8 Å². The lowest BCUT2D eigenvalue weighted by molar-refractivity contribution is 0.490. The number of nitrogens with one attached hydrogen (secondary N) is 1. The van der Waals surface area contributed by atoms with E-state index in [2.05, 4.69) is 21.6 Å². The smallest absolute Gasteiger partial charge is 0.186 e. The second-order valence-electron chi connectivity index (χ2n) is 4.42. The zero-order valence-electron chi connectivity index (χ0n) is 10.9. The minimum absolute atomic E-state index is 0.284. The summed E-state index contributed by atoms with van der Waals surface area (Å²) in [7, 11) is 0. The van der Waals surface area contributed by atoms with E-state index in [0.717, 1.165) is 22.4 Å². The summed E-state index contributed by atoms with van der Waals surface area (Å²) in [6, 6.07) is 13.5. The SMILES string of the molecule is Cc1ccc(CNc2c(C#N)nnc3ccccc23)o1. The molecule has 0 amide bonds. The van der Waals surface area contributed by atoms with Gasteiger partial charge in [-0.05, 0) is 25.1 Å². The fourth-order valence-corrected chi connectivity index (χ4v) is 2.07. The lowest BCUT2D eigenvalue weighted by Crippen LogP contribution is -2.04. The molecule has 1 N–H and O–H groups in total. The van der Waals surface area contributed by atoms with Gasteiger partial charge in [-0.3, -0.25) is 0 Å². The van der Waals surface area contributed by atoms with E-state index in [9.17, 15) is 0 Å². The predicted octanol–water partition coefficient (Wildman–Crippen LogP) is 3.02. The summed E-state index contributed by atoms with van der Waals surface area (Å²) in [5, 5.41) is 21.2. The van der Waals surface area contributed by atoms with Crippen molar-refractivity contribution in [3.63, 3.8) is 0 Å². The lowest BCUT2D eigenvalue weighted by Gasteiger charge is -2.08. The Hall–Kier alpha value is -2.87. The number of nitrogens with zero attached hydrogens (tertiary/aromatic N) is 3. The molecule has 0 saturated carbocycles. The maximum atomic E-state index is 9.16. The third-order valence-corrected chi connectivity index (χ3v) is 3.01. The number of anilines is 1. The molecule has 20 heavy (non-hydrogen) atoms. The van der Waals surface area contributed by atoms with Crippen LogP contribution in [0.5, 0.6) is 0 Å². The van der Waals surface area contributed by atoms with Crippen LogP contribution in [0.4, 0.5) is 5.69 Å². The van der Waals surface area contributed by atoms with Crippen LogP contribution in [0.25, 0.3) is 10.9 Å². The number of hydrogen-bond donors (Lipinski definition) is 1. The predicted molar refractivity (Wildman–Crippen MR) is 75.0 cm³/mol. The number of nitriles is 1. The first kappa shape index (κ1) is 12.2. The summed E-state index contributed by atoms with van der Waals surface area (Å²) < 4.78 is 5.51. The number of hydrogen-bond acceptors (Lipinski definition) is 5. The van der Waals surface area contributed by atoms with Crippen molar-refractivity contribution in [2.75, 3.05) is 5.32 Å². The molecule has 0 spiro atoms. The number of furan rings is 1. The summed E-state index contributed by atoms with van der Waals surface area (Å²) >= 11 is 0. The molecule has 2 aromatic heterocycles. The second kappa shape index (κ2) is 5.02. The van der Waals surface area contributed by atoms with Crippen molar-refractivity contribution in [2.24, 2.45) is 0 Å². The van der Waals surface area contributed by atoms with E-state index in [1.807, 2.05) is 43.3 Å². The van der Waals surface area contributed by atoms with Crippen molar-refractivity contribution in [2.45, 2.75) is 13.5 Å². The highest BCUT2D eigenvalue weighted by Gasteiger charge is 2.10. The molecule has 0 aliphatic rings. The minimum Gasteiger partial charge on any atom is -0.465 e. The average Bonchev–Trinajstić information content (AvgIpc) is 2.90. The number of rotatable bonds is 3. The van der Waals surface area contributed by atoms with Gasteiger partial charge >= 0.3 is 0 Å². The number of benzene rings is 1. The van der Waals surface area contributed by atoms with Crippen molar-refractivity contribution in [3.8, 4) is 6.07 Å². The van der Waals surface area contributed by atoms with Gasteiger partial charge in [-0.15, -0.1) is 10.2 Å². The average molecular weight is 264 g/mol. The topological polar surface area (TPSA) is 74.7 Å². The highest BCUT2D eigenvalue weighted by molar-refractivity contribution is 5.92. The monoisotopic (exact) mass is 264 g/mol. The zero-order chi connectivity index (χ0) is 13.9. The molecule has 0 bridgehead atoms. The Bertz CT molecular complexity index is 801. The molecule has 0 fully saturated rings. The van der Waals surface area contributed by atoms with Crippen LogP contribution in [0.3, 0.4) is 0 Å². The van der Waals surface area contributed by atoms with Gasteiger partial charge in [0.05, 0.1) is 17.7 Å². The van der Waals surface area contributed by atoms with Crippen LogP contribution in [-0.4, -0.2) is 10.2 Å². The van der Waals surface area contributed by atoms with Gasteiger partial charge in [0.1, 0.15) is 17.6 Å². The van der Waals surface area contributed by atoms with Crippen LogP contribution >= 0.6 is 0 Å². The number of fused-ring (bicyclic) bond motifs is 1. The zero-order valence-corrected chi connectivity index (χ0v) is 10.9. The Labute approximate surface area is 115 Å². The molecule has 0 radical (unpaired) electrons. The van der Waals surface area contributed by atoms with Gasteiger partial charge in [0.15, 0.2) is 5.69 Å². The van der Waals surface area contributed by atoms with Gasteiger partial charge < -0.3 is 9.73 Å². The Morgan fingerprint density at radius 2 is 2.05 bits per heavy atom. The first-order valence-corrected chi connectivity index (χ1v) is 6.22. The van der Waals surface area contributed by atoms with Gasteiger partial charge in [0.2, 0.25) is 0 Å². The highest BCUT2D eigenvalue weighted by Crippen LogP contribution is 2.24. The fraction of sp³-hybridized carbons (Fsp3) is 0.133. The summed E-state index contributed by atoms with van der Waals surface area (Å²) in [5.41, 5.74) is 1.73. The van der Waals surface area contributed by atoms with Gasteiger partial charge in [-0.2, -0.15) is 5.26 Å². The van der Waals surface area contributed by atoms with Crippen molar-refractivity contribution < 1.29 is 4.42 Å². The highest BCUT2D eigenvalue weighted by atomic mass is 16.3. The third-order valence-electron chi connectivity index (χ3n) is 3.01. The fourth-order valence-electron chi connectivity index (χ4n) is 2.07. The van der Waals surface area contributed by atoms with Crippen molar-refractivity contribution >= 4 is 16.6 Å². The molecule has 1 aromatic carbocycles. The van der Waals surface area contributed by atoms with E-state index < -0.39 is 0 Å². The Kier molecular flexibility index (Phi) is 3.05. The second-order valence-corrected chi connectivity index (χ2v) is 4.42. The van der Waals surface area contributed by atoms with E-state index in [0.29, 0.717) is 12.2 Å². The summed E-state index contributed by atoms with van der Waals surface area (Å²) in [6.45, 7) is 2.39. The number of aromatic nitrogens is 2. The Balaban J connectivity index is 1.98. The van der Waals surface area contributed by atoms with E-state index in [4.69, 9.17) is 9.68 Å². The van der Waals surface area contributed by atoms with Gasteiger partial charge in [-0.1, -0.05) is 18.2 Å². The van der Waals surface area contributed by atoms with Crippen molar-refractivity contribution in [1.29, 1.82) is 5.26 Å². The normalized spacial score (nSPS) is 10.4. The molecular weight excluding hydrogens is 252 g/mol. The van der Waals surface area contributed by atoms with Crippen LogP contribution in [0.2, 0.25) is 0 Å². The molecule has 5 nitrogen and oxygen atoms in total. The molecule has 0 atom stereocenters. The van der Waals surface area contributed by atoms with Crippen LogP contribution < -0.4 is 5.32 Å². The lowest BCUT2D eigenvalue weighted by atomic mass is 10.1. The van der Waals surface area contributed by atoms with E-state index >= 15 is 0 Å². The standard InChI is InChI=1S/C15H12N4O/c1-10-6-7-11(20-10)9-17-15-12-4-2-3-5-13(12)18-19-14(15)8-16/h2-7H,9H2,1H3,(H,17,18). The molecular formula is C15H12N4O. The van der Waals surface area contributed by atoms with E-state index in [1.165, 1.54) is 0 Å². The van der Waals surface area contributed by atoms with E-state index in [-0.39, 0.29) is 5.69 Å². The molecule has 0 aliphatic carbocycles. The minimum atomic E-state index is 0.284. The third kappa shape index (κ3) is 2.19. The van der Waals surface area contributed by atoms with Gasteiger partial charge in [-0.25, -0.2) is 0 Å². The Morgan fingerprint density at radius 3 is 2.80 bits per heavy atom. The van der Waals surface area contributed by atoms with Gasteiger partial charge in [0, 0.05) is 5.39 Å². The molecule has 0 saturated heterocycles. The molecule has 2 heterocycles. The van der Waals surface area contributed by atoms with Crippen molar-refractivity contribution in [3.05, 3.63) is 53.6 Å². The maximum Gasteiger partial charge on any atom is 0.186 e. The summed E-state index contributed by atoms with van der Waals surface area (Å²) in [5.74, 6) is 1.67. The van der Waals surface area contributed by atoms with Crippen molar-refractivity contribution in [1.82, 2.24) is 10.2 Å². The molecule has 0 unspecified atom stereocenters. The quantitative estimate of drug-likeness (QED) is 0.787. The summed E-state index contributed by atoms with van der Waals surface area (Å²) in [4.78, 5) is 0. The first-order valence-electron chi connectivity index (χ1n) is 6.22. The maximum absolute atomic E-state index is 9.16. The van der Waals surface area contributed by atoms with Crippen LogP contribution in [-0.2, 0) is 6.54 Å². The largest absolute Gasteiger partial charge is 0.465 e.